The Bertz CT molecular complexity index is 557. The first kappa shape index (κ1) is 18.4. The summed E-state index contributed by atoms with van der Waals surface area (Å²) in [6.45, 7) is 7.67. The second-order valence-corrected chi connectivity index (χ2v) is 7.59. The molecule has 0 aliphatic carbocycles. The quantitative estimate of drug-likeness (QED) is 0.785. The molecule has 1 aromatic rings. The van der Waals surface area contributed by atoms with E-state index in [4.69, 9.17) is 9.72 Å². The summed E-state index contributed by atoms with van der Waals surface area (Å²) in [5.74, 6) is 2.63. The Labute approximate surface area is 152 Å². The van der Waals surface area contributed by atoms with E-state index in [1.54, 1.807) is 0 Å². The van der Waals surface area contributed by atoms with Crippen LogP contribution in [0.3, 0.4) is 0 Å². The van der Waals surface area contributed by atoms with Crippen LogP contribution in [-0.2, 0) is 11.2 Å². The van der Waals surface area contributed by atoms with Crippen molar-refractivity contribution < 1.29 is 4.74 Å². The third-order valence-electron chi connectivity index (χ3n) is 5.54. The van der Waals surface area contributed by atoms with Gasteiger partial charge in [-0.05, 0) is 38.1 Å². The molecule has 0 spiro atoms. The lowest BCUT2D eigenvalue weighted by atomic mass is 10.0. The highest BCUT2D eigenvalue weighted by molar-refractivity contribution is 5.46. The van der Waals surface area contributed by atoms with Crippen LogP contribution in [0.5, 0.6) is 0 Å². The van der Waals surface area contributed by atoms with Gasteiger partial charge in [0.05, 0.1) is 6.61 Å². The molecule has 3 heterocycles. The van der Waals surface area contributed by atoms with Crippen molar-refractivity contribution in [2.24, 2.45) is 5.92 Å². The van der Waals surface area contributed by atoms with Crippen molar-refractivity contribution in [1.82, 2.24) is 14.9 Å². The highest BCUT2D eigenvalue weighted by atomic mass is 16.5. The van der Waals surface area contributed by atoms with Crippen LogP contribution in [0, 0.1) is 5.92 Å². The number of hydrogen-bond acceptors (Lipinski definition) is 6. The average molecular weight is 348 g/mol. The maximum Gasteiger partial charge on any atom is 0.227 e. The van der Waals surface area contributed by atoms with E-state index < -0.39 is 0 Å². The standard InChI is InChI=1S/C19H33N5O/c1-5-16-12-18(21-19(20-16)22(2)3)23-10-7-17(8-11-23)24-9-6-15(13-24)14-25-4/h12,15,17H,5-11,13-14H2,1-4H3/t15-/m0/s1. The summed E-state index contributed by atoms with van der Waals surface area (Å²) in [6, 6.07) is 2.89. The van der Waals surface area contributed by atoms with Crippen LogP contribution in [0.15, 0.2) is 6.07 Å². The van der Waals surface area contributed by atoms with E-state index in [-0.39, 0.29) is 0 Å². The van der Waals surface area contributed by atoms with Crippen molar-refractivity contribution in [2.75, 3.05) is 63.8 Å². The summed E-state index contributed by atoms with van der Waals surface area (Å²) in [7, 11) is 5.83. The van der Waals surface area contributed by atoms with Crippen molar-refractivity contribution in [3.05, 3.63) is 11.8 Å². The number of hydrogen-bond donors (Lipinski definition) is 0. The molecule has 0 unspecified atom stereocenters. The molecule has 2 aliphatic rings. The summed E-state index contributed by atoms with van der Waals surface area (Å²) in [5, 5.41) is 0. The minimum atomic E-state index is 0.721. The normalized spacial score (nSPS) is 22.6. The third-order valence-corrected chi connectivity index (χ3v) is 5.54. The van der Waals surface area contributed by atoms with Crippen LogP contribution in [-0.4, -0.2) is 74.9 Å². The Morgan fingerprint density at radius 3 is 2.56 bits per heavy atom. The number of methoxy groups -OCH3 is 1. The molecule has 6 nitrogen and oxygen atoms in total. The van der Waals surface area contributed by atoms with Crippen molar-refractivity contribution in [3.8, 4) is 0 Å². The minimum absolute atomic E-state index is 0.721. The number of piperidine rings is 1. The average Bonchev–Trinajstić information content (AvgIpc) is 3.10. The van der Waals surface area contributed by atoms with E-state index in [2.05, 4.69) is 27.8 Å². The molecule has 6 heteroatoms. The molecule has 1 atom stereocenters. The van der Waals surface area contributed by atoms with Gasteiger partial charge in [-0.25, -0.2) is 4.98 Å². The van der Waals surface area contributed by atoms with Gasteiger partial charge < -0.3 is 14.5 Å². The van der Waals surface area contributed by atoms with Gasteiger partial charge in [-0.2, -0.15) is 4.98 Å². The molecular formula is C19H33N5O. The van der Waals surface area contributed by atoms with Gasteiger partial charge in [0.25, 0.3) is 0 Å². The van der Waals surface area contributed by atoms with Gasteiger partial charge in [-0.3, -0.25) is 4.90 Å². The lowest BCUT2D eigenvalue weighted by molar-refractivity contribution is 0.142. The van der Waals surface area contributed by atoms with E-state index in [0.717, 1.165) is 55.5 Å². The highest BCUT2D eigenvalue weighted by Gasteiger charge is 2.31. The van der Waals surface area contributed by atoms with Crippen LogP contribution in [0.25, 0.3) is 0 Å². The van der Waals surface area contributed by atoms with Crippen molar-refractivity contribution >= 4 is 11.8 Å². The second-order valence-electron chi connectivity index (χ2n) is 7.59. The first-order valence-electron chi connectivity index (χ1n) is 9.64. The lowest BCUT2D eigenvalue weighted by Gasteiger charge is -2.37. The second kappa shape index (κ2) is 8.32. The maximum absolute atomic E-state index is 5.34. The summed E-state index contributed by atoms with van der Waals surface area (Å²) in [5.41, 5.74) is 1.12. The monoisotopic (exact) mass is 347 g/mol. The molecule has 1 aromatic heterocycles. The van der Waals surface area contributed by atoms with E-state index in [1.807, 2.05) is 26.1 Å². The third kappa shape index (κ3) is 4.42. The Kier molecular flexibility index (Phi) is 6.12. The van der Waals surface area contributed by atoms with Crippen LogP contribution in [0.2, 0.25) is 0 Å². The van der Waals surface area contributed by atoms with Crippen LogP contribution in [0.4, 0.5) is 11.8 Å². The topological polar surface area (TPSA) is 44.7 Å². The highest BCUT2D eigenvalue weighted by Crippen LogP contribution is 2.27. The first-order valence-corrected chi connectivity index (χ1v) is 9.64. The van der Waals surface area contributed by atoms with Crippen molar-refractivity contribution in [1.29, 1.82) is 0 Å². The van der Waals surface area contributed by atoms with Gasteiger partial charge in [-0.1, -0.05) is 6.92 Å². The van der Waals surface area contributed by atoms with Gasteiger partial charge in [0, 0.05) is 58.6 Å². The predicted octanol–water partition coefficient (Wildman–Crippen LogP) is 2.04. The fraction of sp³-hybridized carbons (Fsp3) is 0.789. The molecule has 0 N–H and O–H groups in total. The number of rotatable bonds is 6. The van der Waals surface area contributed by atoms with Crippen LogP contribution < -0.4 is 9.80 Å². The molecule has 0 amide bonds. The number of anilines is 2. The molecule has 0 radical (unpaired) electrons. The number of ether oxygens (including phenoxy) is 1. The summed E-state index contributed by atoms with van der Waals surface area (Å²) >= 11 is 0. The van der Waals surface area contributed by atoms with Crippen LogP contribution in [0.1, 0.15) is 31.9 Å². The molecule has 2 aliphatic heterocycles. The first-order chi connectivity index (χ1) is 12.1. The Hall–Kier alpha value is -1.40. The van der Waals surface area contributed by atoms with Gasteiger partial charge >= 0.3 is 0 Å². The predicted molar refractivity (Wildman–Crippen MR) is 103 cm³/mol. The van der Waals surface area contributed by atoms with Gasteiger partial charge in [0.2, 0.25) is 5.95 Å². The van der Waals surface area contributed by atoms with E-state index in [0.29, 0.717) is 0 Å². The van der Waals surface area contributed by atoms with Gasteiger partial charge in [0.1, 0.15) is 5.82 Å². The Balaban J connectivity index is 1.60. The molecule has 0 aromatic carbocycles. The van der Waals surface area contributed by atoms with E-state index in [1.165, 1.54) is 32.4 Å². The molecule has 0 bridgehead atoms. The lowest BCUT2D eigenvalue weighted by Crippen LogP contribution is -2.44. The molecule has 2 fully saturated rings. The summed E-state index contributed by atoms with van der Waals surface area (Å²) in [4.78, 5) is 16.5. The fourth-order valence-electron chi connectivity index (χ4n) is 4.04. The number of nitrogens with zero attached hydrogens (tertiary/aromatic N) is 5. The zero-order valence-electron chi connectivity index (χ0n) is 16.2. The molecule has 140 valence electrons. The zero-order valence-corrected chi connectivity index (χ0v) is 16.2. The largest absolute Gasteiger partial charge is 0.384 e. The zero-order chi connectivity index (χ0) is 17.8. The minimum Gasteiger partial charge on any atom is -0.384 e. The van der Waals surface area contributed by atoms with Crippen molar-refractivity contribution in [3.63, 3.8) is 0 Å². The Morgan fingerprint density at radius 1 is 1.16 bits per heavy atom. The summed E-state index contributed by atoms with van der Waals surface area (Å²) < 4.78 is 5.34. The molecule has 3 rings (SSSR count). The molecule has 25 heavy (non-hydrogen) atoms. The van der Waals surface area contributed by atoms with Gasteiger partial charge in [0.15, 0.2) is 0 Å². The maximum atomic E-state index is 5.34. The number of aromatic nitrogens is 2. The molecule has 2 saturated heterocycles. The molecular weight excluding hydrogens is 314 g/mol. The van der Waals surface area contributed by atoms with E-state index in [9.17, 15) is 0 Å². The molecule has 0 saturated carbocycles. The van der Waals surface area contributed by atoms with E-state index >= 15 is 0 Å². The number of aryl methyl sites for hydroxylation is 1. The Morgan fingerprint density at radius 2 is 1.92 bits per heavy atom. The van der Waals surface area contributed by atoms with Crippen LogP contribution >= 0.6 is 0 Å². The fourth-order valence-corrected chi connectivity index (χ4v) is 4.04. The van der Waals surface area contributed by atoms with Crippen molar-refractivity contribution in [2.45, 2.75) is 38.6 Å². The SMILES string of the molecule is CCc1cc(N2CCC(N3CC[C@H](COC)C3)CC2)nc(N(C)C)n1. The number of likely N-dealkylation sites (tertiary alicyclic amines) is 1. The van der Waals surface area contributed by atoms with Gasteiger partial charge in [-0.15, -0.1) is 0 Å². The smallest absolute Gasteiger partial charge is 0.227 e. The summed E-state index contributed by atoms with van der Waals surface area (Å²) in [6.07, 6.45) is 4.68.